The van der Waals surface area contributed by atoms with Crippen molar-refractivity contribution in [3.63, 3.8) is 0 Å². The van der Waals surface area contributed by atoms with Crippen molar-refractivity contribution >= 4 is 0 Å². The van der Waals surface area contributed by atoms with Gasteiger partial charge in [-0.1, -0.05) is 52.4 Å². The van der Waals surface area contributed by atoms with E-state index in [1.54, 1.807) is 0 Å². The van der Waals surface area contributed by atoms with Gasteiger partial charge in [0, 0.05) is 0 Å². The van der Waals surface area contributed by atoms with E-state index in [9.17, 15) is 5.11 Å². The van der Waals surface area contributed by atoms with E-state index in [1.807, 2.05) is 6.92 Å². The van der Waals surface area contributed by atoms with E-state index in [4.69, 9.17) is 0 Å². The lowest BCUT2D eigenvalue weighted by atomic mass is 9.69. The molecule has 2 aliphatic rings. The Bertz CT molecular complexity index is 273. The Morgan fingerprint density at radius 1 is 0.950 bits per heavy atom. The zero-order valence-corrected chi connectivity index (χ0v) is 14.0. The summed E-state index contributed by atoms with van der Waals surface area (Å²) in [7, 11) is 0. The maximum absolute atomic E-state index is 9.88. The molecular weight excluding hydrogens is 244 g/mol. The first kappa shape index (κ1) is 16.3. The van der Waals surface area contributed by atoms with Gasteiger partial charge in [0.25, 0.3) is 0 Å². The number of aliphatic hydroxyl groups is 1. The van der Waals surface area contributed by atoms with Crippen LogP contribution >= 0.6 is 0 Å². The predicted octanol–water partition coefficient (Wildman–Crippen LogP) is 5.42. The third-order valence-corrected chi connectivity index (χ3v) is 6.58. The van der Waals surface area contributed by atoms with Crippen LogP contribution in [0.5, 0.6) is 0 Å². The number of hydrogen-bond acceptors (Lipinski definition) is 1. The second kappa shape index (κ2) is 7.82. The Hall–Kier alpha value is -0.0400. The number of aliphatic hydroxyl groups excluding tert-OH is 1. The third-order valence-electron chi connectivity index (χ3n) is 6.58. The predicted molar refractivity (Wildman–Crippen MR) is 86.6 cm³/mol. The van der Waals surface area contributed by atoms with Crippen LogP contribution in [0.15, 0.2) is 0 Å². The molecule has 0 amide bonds. The Kier molecular flexibility index (Phi) is 6.39. The molecule has 20 heavy (non-hydrogen) atoms. The molecule has 1 N–H and O–H groups in total. The molecular formula is C19H36O. The van der Waals surface area contributed by atoms with Gasteiger partial charge >= 0.3 is 0 Å². The molecule has 0 saturated heterocycles. The number of rotatable bonds is 5. The molecule has 0 aromatic heterocycles. The second-order valence-corrected chi connectivity index (χ2v) is 7.84. The van der Waals surface area contributed by atoms with E-state index >= 15 is 0 Å². The molecule has 1 nitrogen and oxygen atoms in total. The van der Waals surface area contributed by atoms with E-state index in [2.05, 4.69) is 13.8 Å². The minimum atomic E-state index is -0.0944. The first-order valence-electron chi connectivity index (χ1n) is 9.29. The molecule has 2 rings (SSSR count). The minimum Gasteiger partial charge on any atom is -0.393 e. The molecule has 0 heterocycles. The molecule has 2 aliphatic carbocycles. The van der Waals surface area contributed by atoms with Crippen LogP contribution in [-0.2, 0) is 0 Å². The van der Waals surface area contributed by atoms with Crippen LogP contribution in [-0.4, -0.2) is 11.2 Å². The summed E-state index contributed by atoms with van der Waals surface area (Å²) in [6, 6.07) is 0. The van der Waals surface area contributed by atoms with Gasteiger partial charge in [0.1, 0.15) is 0 Å². The molecule has 3 unspecified atom stereocenters. The van der Waals surface area contributed by atoms with Crippen molar-refractivity contribution < 1.29 is 5.11 Å². The quantitative estimate of drug-likeness (QED) is 0.713. The van der Waals surface area contributed by atoms with E-state index in [1.165, 1.54) is 64.2 Å². The van der Waals surface area contributed by atoms with Gasteiger partial charge in [-0.3, -0.25) is 0 Å². The molecule has 2 fully saturated rings. The summed E-state index contributed by atoms with van der Waals surface area (Å²) in [5.41, 5.74) is 0. The average molecular weight is 280 g/mol. The van der Waals surface area contributed by atoms with Crippen LogP contribution < -0.4 is 0 Å². The standard InChI is InChI=1S/C19H36O/c1-4-16-7-5-6-8-17(16)11-12-18-13-19(15(3)20)10-9-14(18)2/h14-20H,4-13H2,1-3H3/t14?,15?,16-,17-,18-,19?/m1/s1. The SMILES string of the molecule is CC[C@@H]1CCCC[C@@H]1CC[C@@H]1CC(C(C)O)CCC1C. The van der Waals surface area contributed by atoms with Crippen LogP contribution in [0.4, 0.5) is 0 Å². The first-order chi connectivity index (χ1) is 9.61. The molecule has 0 aliphatic heterocycles. The molecule has 2 saturated carbocycles. The summed E-state index contributed by atoms with van der Waals surface area (Å²) in [6.07, 6.45) is 13.9. The van der Waals surface area contributed by atoms with E-state index in [0.29, 0.717) is 5.92 Å². The van der Waals surface area contributed by atoms with Crippen LogP contribution in [0.1, 0.15) is 85.0 Å². The molecule has 118 valence electrons. The fourth-order valence-electron chi connectivity index (χ4n) is 4.92. The highest BCUT2D eigenvalue weighted by molar-refractivity contribution is 4.82. The van der Waals surface area contributed by atoms with Crippen molar-refractivity contribution in [2.24, 2.45) is 29.6 Å². The van der Waals surface area contributed by atoms with Gasteiger partial charge < -0.3 is 5.11 Å². The van der Waals surface area contributed by atoms with Crippen molar-refractivity contribution in [3.8, 4) is 0 Å². The minimum absolute atomic E-state index is 0.0944. The van der Waals surface area contributed by atoms with Gasteiger partial charge in [0.2, 0.25) is 0 Å². The molecule has 0 aromatic carbocycles. The third kappa shape index (κ3) is 4.23. The normalized spacial score (nSPS) is 40.5. The number of hydrogen-bond donors (Lipinski definition) is 1. The monoisotopic (exact) mass is 280 g/mol. The van der Waals surface area contributed by atoms with Gasteiger partial charge in [0.15, 0.2) is 0 Å². The molecule has 0 bridgehead atoms. The highest BCUT2D eigenvalue weighted by atomic mass is 16.3. The molecule has 0 aromatic rings. The lowest BCUT2D eigenvalue weighted by Gasteiger charge is -2.38. The van der Waals surface area contributed by atoms with Crippen LogP contribution in [0.3, 0.4) is 0 Å². The van der Waals surface area contributed by atoms with Gasteiger partial charge in [-0.2, -0.15) is 0 Å². The fraction of sp³-hybridized carbons (Fsp3) is 1.00. The summed E-state index contributed by atoms with van der Waals surface area (Å²) in [5.74, 6) is 4.35. The lowest BCUT2D eigenvalue weighted by molar-refractivity contribution is 0.0582. The summed E-state index contributed by atoms with van der Waals surface area (Å²) in [4.78, 5) is 0. The van der Waals surface area contributed by atoms with Gasteiger partial charge in [-0.25, -0.2) is 0 Å². The van der Waals surface area contributed by atoms with E-state index < -0.39 is 0 Å². The second-order valence-electron chi connectivity index (χ2n) is 7.84. The van der Waals surface area contributed by atoms with Crippen molar-refractivity contribution in [2.45, 2.75) is 91.1 Å². The van der Waals surface area contributed by atoms with Crippen LogP contribution in [0.2, 0.25) is 0 Å². The van der Waals surface area contributed by atoms with Crippen molar-refractivity contribution in [2.75, 3.05) is 0 Å². The highest BCUT2D eigenvalue weighted by Crippen LogP contribution is 2.41. The Labute approximate surface area is 126 Å². The van der Waals surface area contributed by atoms with E-state index in [-0.39, 0.29) is 6.10 Å². The largest absolute Gasteiger partial charge is 0.393 e. The van der Waals surface area contributed by atoms with Gasteiger partial charge in [-0.05, 0) is 62.2 Å². The zero-order chi connectivity index (χ0) is 14.5. The molecule has 0 radical (unpaired) electrons. The van der Waals surface area contributed by atoms with Gasteiger partial charge in [0.05, 0.1) is 6.10 Å². The van der Waals surface area contributed by atoms with E-state index in [0.717, 1.165) is 23.7 Å². The first-order valence-corrected chi connectivity index (χ1v) is 9.29. The summed E-state index contributed by atoms with van der Waals surface area (Å²) >= 11 is 0. The zero-order valence-electron chi connectivity index (χ0n) is 14.0. The van der Waals surface area contributed by atoms with Crippen molar-refractivity contribution in [1.82, 2.24) is 0 Å². The molecule has 1 heteroatoms. The Morgan fingerprint density at radius 3 is 2.25 bits per heavy atom. The molecule has 6 atom stereocenters. The Morgan fingerprint density at radius 2 is 1.60 bits per heavy atom. The maximum Gasteiger partial charge on any atom is 0.0540 e. The summed E-state index contributed by atoms with van der Waals surface area (Å²) in [5, 5.41) is 9.88. The van der Waals surface area contributed by atoms with Crippen LogP contribution in [0, 0.1) is 29.6 Å². The summed E-state index contributed by atoms with van der Waals surface area (Å²) < 4.78 is 0. The maximum atomic E-state index is 9.88. The lowest BCUT2D eigenvalue weighted by Crippen LogP contribution is -2.30. The van der Waals surface area contributed by atoms with Crippen molar-refractivity contribution in [1.29, 1.82) is 0 Å². The fourth-order valence-corrected chi connectivity index (χ4v) is 4.92. The van der Waals surface area contributed by atoms with Gasteiger partial charge in [-0.15, -0.1) is 0 Å². The Balaban J connectivity index is 1.81. The smallest absolute Gasteiger partial charge is 0.0540 e. The topological polar surface area (TPSA) is 20.2 Å². The highest BCUT2D eigenvalue weighted by Gasteiger charge is 2.31. The summed E-state index contributed by atoms with van der Waals surface area (Å²) in [6.45, 7) is 6.82. The molecule has 0 spiro atoms. The average Bonchev–Trinajstić information content (AvgIpc) is 2.46. The van der Waals surface area contributed by atoms with Crippen LogP contribution in [0.25, 0.3) is 0 Å². The van der Waals surface area contributed by atoms with Crippen molar-refractivity contribution in [3.05, 3.63) is 0 Å².